The number of pyridine rings is 1. The molecule has 4 heterocycles. The Morgan fingerprint density at radius 2 is 2.00 bits per heavy atom. The highest BCUT2D eigenvalue weighted by molar-refractivity contribution is 6.32. The van der Waals surface area contributed by atoms with Crippen LogP contribution in [0, 0.1) is 0 Å². The van der Waals surface area contributed by atoms with Gasteiger partial charge in [-0.15, -0.1) is 0 Å². The van der Waals surface area contributed by atoms with Crippen LogP contribution in [0.4, 0.5) is 10.1 Å². The third kappa shape index (κ3) is 5.34. The molecule has 2 aliphatic rings. The summed E-state index contributed by atoms with van der Waals surface area (Å²) in [7, 11) is 0. The molecular weight excluding hydrogens is 489 g/mol. The van der Waals surface area contributed by atoms with Gasteiger partial charge in [0.2, 0.25) is 11.8 Å². The molecule has 0 aliphatic carbocycles. The van der Waals surface area contributed by atoms with Gasteiger partial charge < -0.3 is 19.7 Å². The summed E-state index contributed by atoms with van der Waals surface area (Å²) >= 11 is 6.26. The molecule has 11 heteroatoms. The second-order valence-corrected chi connectivity index (χ2v) is 9.29. The van der Waals surface area contributed by atoms with Crippen molar-refractivity contribution in [1.29, 1.82) is 0 Å². The number of likely N-dealkylation sites (tertiary alicyclic amines) is 1. The first-order chi connectivity index (χ1) is 17.4. The molecule has 0 radical (unpaired) electrons. The normalized spacial score (nSPS) is 19.6. The average Bonchev–Trinajstić information content (AvgIpc) is 2.89. The van der Waals surface area contributed by atoms with E-state index in [9.17, 15) is 14.0 Å². The summed E-state index contributed by atoms with van der Waals surface area (Å²) in [5.74, 6) is 1.10. The molecule has 2 saturated heterocycles. The highest BCUT2D eigenvalue weighted by Gasteiger charge is 2.32. The molecule has 2 aliphatic heterocycles. The van der Waals surface area contributed by atoms with Gasteiger partial charge in [0, 0.05) is 32.2 Å². The molecule has 1 aromatic carbocycles. The largest absolute Gasteiger partial charge is 0.439 e. The van der Waals surface area contributed by atoms with Crippen LogP contribution in [0.5, 0.6) is 11.6 Å². The summed E-state index contributed by atoms with van der Waals surface area (Å²) in [5.41, 5.74) is -0.383. The van der Waals surface area contributed by atoms with Crippen LogP contribution in [0.2, 0.25) is 5.02 Å². The summed E-state index contributed by atoms with van der Waals surface area (Å²) in [4.78, 5) is 30.3. The second-order valence-electron chi connectivity index (χ2n) is 8.92. The molecule has 1 unspecified atom stereocenters. The SMILES string of the molecule is O=C1CCN1Cc1ccc(Oc2ccc(-n3ncc(NCC4(F)CCCOC4)c(Cl)c3=O)cn2)cc1. The molecule has 36 heavy (non-hydrogen) atoms. The Bertz CT molecular complexity index is 1290. The van der Waals surface area contributed by atoms with E-state index in [0.29, 0.717) is 49.7 Å². The Labute approximate surface area is 211 Å². The summed E-state index contributed by atoms with van der Waals surface area (Å²) in [6.07, 6.45) is 4.48. The Balaban J connectivity index is 1.22. The summed E-state index contributed by atoms with van der Waals surface area (Å²) < 4.78 is 26.9. The van der Waals surface area contributed by atoms with Crippen molar-refractivity contribution in [2.24, 2.45) is 0 Å². The minimum atomic E-state index is -1.51. The third-order valence-corrected chi connectivity index (χ3v) is 6.59. The minimum Gasteiger partial charge on any atom is -0.439 e. The molecule has 0 bridgehead atoms. The van der Waals surface area contributed by atoms with E-state index in [1.54, 1.807) is 17.0 Å². The molecule has 3 aromatic rings. The van der Waals surface area contributed by atoms with Crippen molar-refractivity contribution in [2.75, 3.05) is 31.6 Å². The van der Waals surface area contributed by atoms with E-state index in [1.807, 2.05) is 24.3 Å². The van der Waals surface area contributed by atoms with Crippen molar-refractivity contribution in [1.82, 2.24) is 19.7 Å². The van der Waals surface area contributed by atoms with Gasteiger partial charge >= 0.3 is 0 Å². The van der Waals surface area contributed by atoms with Gasteiger partial charge in [-0.1, -0.05) is 23.7 Å². The number of rotatable bonds is 8. The van der Waals surface area contributed by atoms with Crippen molar-refractivity contribution >= 4 is 23.2 Å². The van der Waals surface area contributed by atoms with E-state index in [0.717, 1.165) is 16.8 Å². The standard InChI is InChI=1S/C25H25ClFN5O4/c26-23-20(29-15-25(27)9-1-11-35-16-25)13-30-32(24(23)34)18-4-7-21(28-12-18)36-19-5-2-17(3-6-19)14-31-10-8-22(31)33/h2-7,12-13,29H,1,8-11,14-16H2. The maximum absolute atomic E-state index is 14.8. The smallest absolute Gasteiger partial charge is 0.292 e. The summed E-state index contributed by atoms with van der Waals surface area (Å²) in [6.45, 7) is 1.92. The highest BCUT2D eigenvalue weighted by Crippen LogP contribution is 2.26. The lowest BCUT2D eigenvalue weighted by molar-refractivity contribution is -0.140. The van der Waals surface area contributed by atoms with Crippen molar-refractivity contribution in [3.8, 4) is 17.3 Å². The van der Waals surface area contributed by atoms with E-state index in [4.69, 9.17) is 21.1 Å². The number of amides is 1. The fraction of sp³-hybridized carbons (Fsp3) is 0.360. The van der Waals surface area contributed by atoms with Gasteiger partial charge in [0.15, 0.2) is 5.67 Å². The van der Waals surface area contributed by atoms with E-state index in [1.165, 1.54) is 12.4 Å². The van der Waals surface area contributed by atoms with Gasteiger partial charge in [0.1, 0.15) is 10.8 Å². The van der Waals surface area contributed by atoms with Crippen molar-refractivity contribution in [3.05, 3.63) is 69.7 Å². The first kappa shape index (κ1) is 24.2. The van der Waals surface area contributed by atoms with Crippen molar-refractivity contribution < 1.29 is 18.7 Å². The number of anilines is 1. The quantitative estimate of drug-likeness (QED) is 0.458. The number of β-lactam (4-membered cyclic amide) rings is 1. The first-order valence-corrected chi connectivity index (χ1v) is 12.1. The average molecular weight is 514 g/mol. The fourth-order valence-electron chi connectivity index (χ4n) is 4.04. The molecule has 1 atom stereocenters. The number of benzene rings is 1. The van der Waals surface area contributed by atoms with E-state index >= 15 is 0 Å². The van der Waals surface area contributed by atoms with Crippen LogP contribution in [0.1, 0.15) is 24.8 Å². The lowest BCUT2D eigenvalue weighted by Gasteiger charge is -2.30. The number of nitrogens with zero attached hydrogens (tertiary/aromatic N) is 4. The molecule has 2 fully saturated rings. The predicted molar refractivity (Wildman–Crippen MR) is 132 cm³/mol. The maximum Gasteiger partial charge on any atom is 0.292 e. The van der Waals surface area contributed by atoms with Crippen LogP contribution < -0.4 is 15.6 Å². The number of hydrogen-bond donors (Lipinski definition) is 1. The van der Waals surface area contributed by atoms with E-state index in [2.05, 4.69) is 15.4 Å². The van der Waals surface area contributed by atoms with Crippen LogP contribution in [0.25, 0.3) is 5.69 Å². The van der Waals surface area contributed by atoms with Crippen LogP contribution in [0.3, 0.4) is 0 Å². The first-order valence-electron chi connectivity index (χ1n) is 11.7. The molecule has 0 spiro atoms. The highest BCUT2D eigenvalue weighted by atomic mass is 35.5. The Morgan fingerprint density at radius 1 is 1.17 bits per heavy atom. The van der Waals surface area contributed by atoms with E-state index < -0.39 is 11.2 Å². The molecule has 188 valence electrons. The Hall–Kier alpha value is -3.50. The number of ether oxygens (including phenoxy) is 2. The second kappa shape index (κ2) is 10.2. The minimum absolute atomic E-state index is 0.00591. The number of hydrogen-bond acceptors (Lipinski definition) is 7. The number of carbonyl (C=O) groups excluding carboxylic acids is 1. The van der Waals surface area contributed by atoms with Gasteiger partial charge in [0.05, 0.1) is 36.9 Å². The molecule has 1 amide bonds. The molecular formula is C25H25ClFN5O4. The summed E-state index contributed by atoms with van der Waals surface area (Å²) in [5, 5.41) is 6.95. The Kier molecular flexibility index (Phi) is 6.88. The van der Waals surface area contributed by atoms with Gasteiger partial charge in [-0.25, -0.2) is 9.37 Å². The lowest BCUT2D eigenvalue weighted by atomic mass is 9.99. The number of carbonyl (C=O) groups is 1. The zero-order valence-corrected chi connectivity index (χ0v) is 20.2. The molecule has 5 rings (SSSR count). The zero-order chi connectivity index (χ0) is 25.1. The number of aromatic nitrogens is 3. The van der Waals surface area contributed by atoms with Gasteiger partial charge in [-0.05, 0) is 36.6 Å². The van der Waals surface area contributed by atoms with Crippen LogP contribution in [-0.2, 0) is 16.1 Å². The monoisotopic (exact) mass is 513 g/mol. The lowest BCUT2D eigenvalue weighted by Crippen LogP contribution is -2.42. The predicted octanol–water partition coefficient (Wildman–Crippen LogP) is 3.74. The fourth-order valence-corrected chi connectivity index (χ4v) is 4.24. The number of halogens is 2. The molecule has 9 nitrogen and oxygen atoms in total. The van der Waals surface area contributed by atoms with E-state index in [-0.39, 0.29) is 29.8 Å². The van der Waals surface area contributed by atoms with Gasteiger partial charge in [-0.3, -0.25) is 9.59 Å². The topological polar surface area (TPSA) is 98.6 Å². The van der Waals surface area contributed by atoms with Crippen molar-refractivity contribution in [3.63, 3.8) is 0 Å². The van der Waals surface area contributed by atoms with Gasteiger partial charge in [0.25, 0.3) is 5.56 Å². The summed E-state index contributed by atoms with van der Waals surface area (Å²) in [6, 6.07) is 10.7. The van der Waals surface area contributed by atoms with Gasteiger partial charge in [-0.2, -0.15) is 9.78 Å². The number of nitrogens with one attached hydrogen (secondary N) is 1. The molecule has 0 saturated carbocycles. The molecule has 2 aromatic heterocycles. The Morgan fingerprint density at radius 3 is 2.64 bits per heavy atom. The zero-order valence-electron chi connectivity index (χ0n) is 19.5. The van der Waals surface area contributed by atoms with Crippen LogP contribution in [0.15, 0.2) is 53.6 Å². The third-order valence-electron chi connectivity index (χ3n) is 6.22. The molecule has 1 N–H and O–H groups in total. The number of alkyl halides is 1. The maximum atomic E-state index is 14.8. The van der Waals surface area contributed by atoms with Crippen molar-refractivity contribution in [2.45, 2.75) is 31.5 Å². The van der Waals surface area contributed by atoms with Crippen LogP contribution in [-0.4, -0.2) is 57.5 Å². The van der Waals surface area contributed by atoms with Crippen LogP contribution >= 0.6 is 11.6 Å².